The lowest BCUT2D eigenvalue weighted by Gasteiger charge is -2.17. The fourth-order valence-corrected chi connectivity index (χ4v) is 2.66. The van der Waals surface area contributed by atoms with Crippen LogP contribution in [0, 0.1) is 5.82 Å². The summed E-state index contributed by atoms with van der Waals surface area (Å²) in [7, 11) is 0. The lowest BCUT2D eigenvalue weighted by atomic mass is 10.1. The van der Waals surface area contributed by atoms with Crippen LogP contribution in [0.25, 0.3) is 16.6 Å². The minimum absolute atomic E-state index is 0.267. The number of rotatable bonds is 3. The second-order valence-electron chi connectivity index (χ2n) is 5.12. The van der Waals surface area contributed by atoms with Crippen LogP contribution in [0.15, 0.2) is 41.5 Å². The predicted octanol–water partition coefficient (Wildman–Crippen LogP) is 2.98. The van der Waals surface area contributed by atoms with Gasteiger partial charge in [-0.1, -0.05) is 24.6 Å². The van der Waals surface area contributed by atoms with Crippen LogP contribution in [0.2, 0.25) is 5.02 Å². The molecule has 2 aromatic heterocycles. The van der Waals surface area contributed by atoms with E-state index < -0.39 is 17.4 Å². The summed E-state index contributed by atoms with van der Waals surface area (Å²) in [6, 6.07) is 5.76. The van der Waals surface area contributed by atoms with E-state index in [4.69, 9.17) is 17.3 Å². The zero-order valence-electron chi connectivity index (χ0n) is 12.3. The monoisotopic (exact) mass is 332 g/mol. The van der Waals surface area contributed by atoms with Gasteiger partial charge in [0.2, 0.25) is 0 Å². The van der Waals surface area contributed by atoms with Crippen LogP contribution < -0.4 is 11.3 Å². The van der Waals surface area contributed by atoms with Gasteiger partial charge in [-0.25, -0.2) is 9.37 Å². The smallest absolute Gasteiger partial charge is 0.267 e. The second kappa shape index (κ2) is 6.06. The molecular weight excluding hydrogens is 319 g/mol. The van der Waals surface area contributed by atoms with Gasteiger partial charge in [-0.3, -0.25) is 14.3 Å². The molecule has 2 heterocycles. The Morgan fingerprint density at radius 2 is 2.17 bits per heavy atom. The maximum Gasteiger partial charge on any atom is 0.267 e. The Morgan fingerprint density at radius 3 is 2.87 bits per heavy atom. The van der Waals surface area contributed by atoms with Crippen LogP contribution in [-0.4, -0.2) is 14.5 Å². The van der Waals surface area contributed by atoms with Crippen molar-refractivity contribution in [2.45, 2.75) is 19.4 Å². The average molecular weight is 333 g/mol. The molecule has 0 radical (unpaired) electrons. The number of hydrogen-bond donors (Lipinski definition) is 1. The first-order valence-corrected chi connectivity index (χ1v) is 7.48. The molecule has 0 amide bonds. The van der Waals surface area contributed by atoms with Crippen LogP contribution >= 0.6 is 11.6 Å². The fourth-order valence-electron chi connectivity index (χ4n) is 2.41. The quantitative estimate of drug-likeness (QED) is 0.800. The summed E-state index contributed by atoms with van der Waals surface area (Å²) in [6.45, 7) is 1.88. The molecule has 2 N–H and O–H groups in total. The molecule has 5 nitrogen and oxygen atoms in total. The number of nitrogens with two attached hydrogens (primary N) is 1. The Bertz CT molecular complexity index is 941. The molecule has 0 saturated heterocycles. The van der Waals surface area contributed by atoms with E-state index in [1.807, 2.05) is 6.92 Å². The first-order valence-electron chi connectivity index (χ1n) is 7.10. The summed E-state index contributed by atoms with van der Waals surface area (Å²) < 4.78 is 14.8. The molecule has 0 saturated carbocycles. The first kappa shape index (κ1) is 15.6. The van der Waals surface area contributed by atoms with E-state index >= 15 is 0 Å². The number of aromatic nitrogens is 3. The van der Waals surface area contributed by atoms with Crippen molar-refractivity contribution in [1.29, 1.82) is 0 Å². The van der Waals surface area contributed by atoms with Crippen LogP contribution in [0.4, 0.5) is 4.39 Å². The summed E-state index contributed by atoms with van der Waals surface area (Å²) in [6.07, 6.45) is 3.03. The molecule has 3 aromatic rings. The molecule has 23 heavy (non-hydrogen) atoms. The largest absolute Gasteiger partial charge is 0.321 e. The molecular formula is C16H14ClFN4O. The van der Waals surface area contributed by atoms with E-state index in [1.165, 1.54) is 16.8 Å². The van der Waals surface area contributed by atoms with Gasteiger partial charge in [0.05, 0.1) is 40.0 Å². The van der Waals surface area contributed by atoms with Crippen LogP contribution in [0.3, 0.4) is 0 Å². The van der Waals surface area contributed by atoms with Crippen molar-refractivity contribution in [3.05, 3.63) is 63.7 Å². The van der Waals surface area contributed by atoms with Crippen molar-refractivity contribution in [3.63, 3.8) is 0 Å². The molecule has 1 atom stereocenters. The molecule has 7 heteroatoms. The summed E-state index contributed by atoms with van der Waals surface area (Å²) in [5.74, 6) is -0.204. The van der Waals surface area contributed by atoms with Crippen LogP contribution in [0.5, 0.6) is 0 Å². The van der Waals surface area contributed by atoms with Gasteiger partial charge in [0.15, 0.2) is 0 Å². The standard InChI is InChI=1S/C16H14ClFN4O/c1-2-12(19)15-21-13-5-3-4-11(17)14(13)16(23)22(15)10-6-9(18)7-20-8-10/h3-8,12H,2,19H2,1H3/t12-/m0/s1. The molecule has 0 aliphatic rings. The minimum Gasteiger partial charge on any atom is -0.321 e. The summed E-state index contributed by atoms with van der Waals surface area (Å²) in [5, 5.41) is 0.556. The molecule has 1 aromatic carbocycles. The van der Waals surface area contributed by atoms with Crippen molar-refractivity contribution in [2.75, 3.05) is 0 Å². The number of benzene rings is 1. The van der Waals surface area contributed by atoms with E-state index in [0.717, 1.165) is 6.20 Å². The number of pyridine rings is 1. The van der Waals surface area contributed by atoms with Gasteiger partial charge in [-0.15, -0.1) is 0 Å². The van der Waals surface area contributed by atoms with Gasteiger partial charge >= 0.3 is 0 Å². The molecule has 0 aliphatic carbocycles. The summed E-state index contributed by atoms with van der Waals surface area (Å²) >= 11 is 6.14. The molecule has 0 spiro atoms. The first-order chi connectivity index (χ1) is 11.0. The van der Waals surface area contributed by atoms with E-state index in [-0.39, 0.29) is 16.1 Å². The molecule has 118 valence electrons. The summed E-state index contributed by atoms with van der Waals surface area (Å²) in [5.41, 5.74) is 6.43. The lowest BCUT2D eigenvalue weighted by molar-refractivity contribution is 0.607. The van der Waals surface area contributed by atoms with Crippen LogP contribution in [0.1, 0.15) is 25.2 Å². The third-order valence-electron chi connectivity index (χ3n) is 3.59. The van der Waals surface area contributed by atoms with Crippen molar-refractivity contribution in [2.24, 2.45) is 5.73 Å². The SMILES string of the molecule is CC[C@H](N)c1nc2cccc(Cl)c2c(=O)n1-c1cncc(F)c1. The van der Waals surface area contributed by atoms with Gasteiger partial charge in [-0.2, -0.15) is 0 Å². The van der Waals surface area contributed by atoms with Crippen LogP contribution in [-0.2, 0) is 0 Å². The zero-order valence-corrected chi connectivity index (χ0v) is 13.1. The number of fused-ring (bicyclic) bond motifs is 1. The third kappa shape index (κ3) is 2.71. The average Bonchev–Trinajstić information content (AvgIpc) is 2.53. The van der Waals surface area contributed by atoms with Gasteiger partial charge < -0.3 is 5.73 Å². The zero-order chi connectivity index (χ0) is 16.6. The number of hydrogen-bond acceptors (Lipinski definition) is 4. The normalized spacial score (nSPS) is 12.5. The third-order valence-corrected chi connectivity index (χ3v) is 3.91. The van der Waals surface area contributed by atoms with E-state index in [9.17, 15) is 9.18 Å². The highest BCUT2D eigenvalue weighted by molar-refractivity contribution is 6.35. The highest BCUT2D eigenvalue weighted by Gasteiger charge is 2.19. The Hall–Kier alpha value is -2.31. The topological polar surface area (TPSA) is 73.8 Å². The van der Waals surface area contributed by atoms with Crippen molar-refractivity contribution in [3.8, 4) is 5.69 Å². The van der Waals surface area contributed by atoms with E-state index in [2.05, 4.69) is 9.97 Å². The Labute approximate surface area is 136 Å². The highest BCUT2D eigenvalue weighted by Crippen LogP contribution is 2.23. The molecule has 0 fully saturated rings. The highest BCUT2D eigenvalue weighted by atomic mass is 35.5. The van der Waals surface area contributed by atoms with Gasteiger partial charge in [0.1, 0.15) is 11.6 Å². The number of nitrogens with zero attached hydrogens (tertiary/aromatic N) is 3. The second-order valence-corrected chi connectivity index (χ2v) is 5.53. The van der Waals surface area contributed by atoms with E-state index in [0.29, 0.717) is 17.8 Å². The molecule has 0 unspecified atom stereocenters. The van der Waals surface area contributed by atoms with Crippen molar-refractivity contribution < 1.29 is 4.39 Å². The minimum atomic E-state index is -0.551. The van der Waals surface area contributed by atoms with Gasteiger partial charge in [0, 0.05) is 6.07 Å². The van der Waals surface area contributed by atoms with Gasteiger partial charge in [-0.05, 0) is 18.6 Å². The van der Waals surface area contributed by atoms with Crippen molar-refractivity contribution >= 4 is 22.5 Å². The molecule has 3 rings (SSSR count). The van der Waals surface area contributed by atoms with Crippen molar-refractivity contribution in [1.82, 2.24) is 14.5 Å². The maximum absolute atomic E-state index is 13.5. The van der Waals surface area contributed by atoms with Gasteiger partial charge in [0.25, 0.3) is 5.56 Å². The number of halogens is 2. The Balaban J connectivity index is 2.44. The summed E-state index contributed by atoms with van der Waals surface area (Å²) in [4.78, 5) is 21.2. The molecule has 0 aliphatic heterocycles. The fraction of sp³-hybridized carbons (Fsp3) is 0.188. The maximum atomic E-state index is 13.5. The predicted molar refractivity (Wildman–Crippen MR) is 87.3 cm³/mol. The van der Waals surface area contributed by atoms with E-state index in [1.54, 1.807) is 18.2 Å². The lowest BCUT2D eigenvalue weighted by Crippen LogP contribution is -2.28. The molecule has 0 bridgehead atoms. The Kier molecular flexibility index (Phi) is 4.11. The Morgan fingerprint density at radius 1 is 1.39 bits per heavy atom.